The van der Waals surface area contributed by atoms with Crippen molar-refractivity contribution in [3.05, 3.63) is 0 Å². The lowest BCUT2D eigenvalue weighted by atomic mass is 10.1. The Morgan fingerprint density at radius 2 is 1.89 bits per heavy atom. The SMILES string of the molecule is CCCCCC(C)NC(=O)C(N)CCS(C)(=O)=O. The third-order valence-corrected chi connectivity index (χ3v) is 3.74. The van der Waals surface area contributed by atoms with Gasteiger partial charge in [-0.25, -0.2) is 8.42 Å². The first kappa shape index (κ1) is 17.4. The molecular weight excluding hydrogens is 252 g/mol. The first-order valence-corrected chi connectivity index (χ1v) is 8.56. The molecule has 3 N–H and O–H groups in total. The van der Waals surface area contributed by atoms with E-state index >= 15 is 0 Å². The summed E-state index contributed by atoms with van der Waals surface area (Å²) in [6.07, 6.45) is 5.63. The zero-order valence-corrected chi connectivity index (χ0v) is 12.4. The van der Waals surface area contributed by atoms with Gasteiger partial charge in [0.15, 0.2) is 0 Å². The highest BCUT2D eigenvalue weighted by Crippen LogP contribution is 2.03. The second-order valence-corrected chi connectivity index (χ2v) is 7.19. The second kappa shape index (κ2) is 8.48. The zero-order chi connectivity index (χ0) is 14.2. The minimum atomic E-state index is -3.06. The molecule has 0 aromatic rings. The van der Waals surface area contributed by atoms with Gasteiger partial charge in [0.2, 0.25) is 5.91 Å². The Labute approximate surface area is 110 Å². The van der Waals surface area contributed by atoms with E-state index in [-0.39, 0.29) is 24.1 Å². The molecule has 0 aromatic carbocycles. The molecule has 0 aliphatic rings. The number of hydrogen-bond donors (Lipinski definition) is 2. The molecule has 0 fully saturated rings. The van der Waals surface area contributed by atoms with Crippen molar-refractivity contribution in [2.45, 2.75) is 58.0 Å². The van der Waals surface area contributed by atoms with Crippen molar-refractivity contribution >= 4 is 15.7 Å². The summed E-state index contributed by atoms with van der Waals surface area (Å²) in [6.45, 7) is 4.07. The van der Waals surface area contributed by atoms with Gasteiger partial charge in [0.25, 0.3) is 0 Å². The van der Waals surface area contributed by atoms with Crippen LogP contribution >= 0.6 is 0 Å². The quantitative estimate of drug-likeness (QED) is 0.611. The third kappa shape index (κ3) is 9.41. The minimum absolute atomic E-state index is 0.0498. The van der Waals surface area contributed by atoms with Crippen LogP contribution in [0.3, 0.4) is 0 Å². The van der Waals surface area contributed by atoms with Crippen LogP contribution in [0, 0.1) is 0 Å². The fraction of sp³-hybridized carbons (Fsp3) is 0.917. The number of hydrogen-bond acceptors (Lipinski definition) is 4. The molecule has 2 unspecified atom stereocenters. The summed E-state index contributed by atoms with van der Waals surface area (Å²) in [6, 6.07) is -0.651. The van der Waals surface area contributed by atoms with Crippen LogP contribution in [0.2, 0.25) is 0 Å². The van der Waals surface area contributed by atoms with Crippen LogP contribution in [0.25, 0.3) is 0 Å². The summed E-state index contributed by atoms with van der Waals surface area (Å²) in [5, 5.41) is 2.82. The molecule has 2 atom stereocenters. The number of carbonyl (C=O) groups is 1. The summed E-state index contributed by atoms with van der Waals surface area (Å²) in [5.41, 5.74) is 5.65. The largest absolute Gasteiger partial charge is 0.352 e. The van der Waals surface area contributed by atoms with Gasteiger partial charge in [0, 0.05) is 12.3 Å². The van der Waals surface area contributed by atoms with E-state index in [0.717, 1.165) is 31.9 Å². The Morgan fingerprint density at radius 3 is 2.39 bits per heavy atom. The first-order chi connectivity index (χ1) is 8.26. The summed E-state index contributed by atoms with van der Waals surface area (Å²) in [7, 11) is -3.06. The van der Waals surface area contributed by atoms with Crippen molar-refractivity contribution in [1.82, 2.24) is 5.32 Å². The van der Waals surface area contributed by atoms with E-state index in [2.05, 4.69) is 12.2 Å². The highest BCUT2D eigenvalue weighted by atomic mass is 32.2. The van der Waals surface area contributed by atoms with E-state index < -0.39 is 15.9 Å². The number of nitrogens with one attached hydrogen (secondary N) is 1. The lowest BCUT2D eigenvalue weighted by molar-refractivity contribution is -0.123. The Hall–Kier alpha value is -0.620. The number of rotatable bonds is 9. The van der Waals surface area contributed by atoms with E-state index in [0.29, 0.717) is 0 Å². The van der Waals surface area contributed by atoms with Gasteiger partial charge >= 0.3 is 0 Å². The van der Waals surface area contributed by atoms with Gasteiger partial charge < -0.3 is 11.1 Å². The molecule has 0 saturated carbocycles. The van der Waals surface area contributed by atoms with Crippen molar-refractivity contribution in [3.63, 3.8) is 0 Å². The Bertz CT molecular complexity index is 341. The van der Waals surface area contributed by atoms with Crippen LogP contribution in [0.4, 0.5) is 0 Å². The normalized spacial score (nSPS) is 15.1. The molecule has 5 nitrogen and oxygen atoms in total. The summed E-state index contributed by atoms with van der Waals surface area (Å²) < 4.78 is 21.9. The van der Waals surface area contributed by atoms with Gasteiger partial charge in [0.05, 0.1) is 11.8 Å². The minimum Gasteiger partial charge on any atom is -0.352 e. The molecular formula is C12H26N2O3S. The maximum atomic E-state index is 11.7. The van der Waals surface area contributed by atoms with Crippen molar-refractivity contribution in [2.75, 3.05) is 12.0 Å². The van der Waals surface area contributed by atoms with Crippen LogP contribution in [0.5, 0.6) is 0 Å². The van der Waals surface area contributed by atoms with Crippen LogP contribution in [-0.2, 0) is 14.6 Å². The fourth-order valence-electron chi connectivity index (χ4n) is 1.59. The number of unbranched alkanes of at least 4 members (excludes halogenated alkanes) is 2. The fourth-order valence-corrected chi connectivity index (χ4v) is 2.28. The molecule has 0 rings (SSSR count). The van der Waals surface area contributed by atoms with Crippen LogP contribution in [0.15, 0.2) is 0 Å². The summed E-state index contributed by atoms with van der Waals surface area (Å²) >= 11 is 0. The lowest BCUT2D eigenvalue weighted by Gasteiger charge is -2.17. The number of carbonyl (C=O) groups excluding carboxylic acids is 1. The van der Waals surface area contributed by atoms with Gasteiger partial charge in [-0.3, -0.25) is 4.79 Å². The van der Waals surface area contributed by atoms with Gasteiger partial charge in [-0.05, 0) is 19.8 Å². The Morgan fingerprint density at radius 1 is 1.28 bits per heavy atom. The van der Waals surface area contributed by atoms with Crippen molar-refractivity contribution < 1.29 is 13.2 Å². The third-order valence-electron chi connectivity index (χ3n) is 2.77. The van der Waals surface area contributed by atoms with Crippen LogP contribution in [-0.4, -0.2) is 38.4 Å². The monoisotopic (exact) mass is 278 g/mol. The van der Waals surface area contributed by atoms with E-state index in [1.165, 1.54) is 0 Å². The smallest absolute Gasteiger partial charge is 0.237 e. The van der Waals surface area contributed by atoms with Gasteiger partial charge in [-0.2, -0.15) is 0 Å². The van der Waals surface area contributed by atoms with Gasteiger partial charge in [-0.1, -0.05) is 26.2 Å². The maximum absolute atomic E-state index is 11.7. The maximum Gasteiger partial charge on any atom is 0.237 e. The van der Waals surface area contributed by atoms with E-state index in [4.69, 9.17) is 5.73 Å². The van der Waals surface area contributed by atoms with E-state index in [9.17, 15) is 13.2 Å². The highest BCUT2D eigenvalue weighted by Gasteiger charge is 2.17. The van der Waals surface area contributed by atoms with Gasteiger partial charge in [0.1, 0.15) is 9.84 Å². The van der Waals surface area contributed by atoms with E-state index in [1.807, 2.05) is 6.92 Å². The predicted molar refractivity (Wildman–Crippen MR) is 74.0 cm³/mol. The molecule has 0 saturated heterocycles. The van der Waals surface area contributed by atoms with Crippen molar-refractivity contribution in [2.24, 2.45) is 5.73 Å². The molecule has 0 heterocycles. The van der Waals surface area contributed by atoms with Crippen LogP contribution < -0.4 is 11.1 Å². The molecule has 108 valence electrons. The van der Waals surface area contributed by atoms with Crippen LogP contribution in [0.1, 0.15) is 46.0 Å². The molecule has 0 spiro atoms. The number of sulfone groups is 1. The Kier molecular flexibility index (Phi) is 8.18. The van der Waals surface area contributed by atoms with Crippen molar-refractivity contribution in [1.29, 1.82) is 0 Å². The average molecular weight is 278 g/mol. The second-order valence-electron chi connectivity index (χ2n) is 4.93. The number of amides is 1. The molecule has 0 aliphatic carbocycles. The van der Waals surface area contributed by atoms with Crippen molar-refractivity contribution in [3.8, 4) is 0 Å². The summed E-state index contributed by atoms with van der Waals surface area (Å²) in [4.78, 5) is 11.7. The Balaban J connectivity index is 3.92. The van der Waals surface area contributed by atoms with Gasteiger partial charge in [-0.15, -0.1) is 0 Å². The summed E-state index contributed by atoms with van der Waals surface area (Å²) in [5.74, 6) is -0.311. The molecule has 18 heavy (non-hydrogen) atoms. The molecule has 6 heteroatoms. The zero-order valence-electron chi connectivity index (χ0n) is 11.6. The predicted octanol–water partition coefficient (Wildman–Crippen LogP) is 0.833. The molecule has 0 radical (unpaired) electrons. The lowest BCUT2D eigenvalue weighted by Crippen LogP contribution is -2.45. The highest BCUT2D eigenvalue weighted by molar-refractivity contribution is 7.90. The topological polar surface area (TPSA) is 89.3 Å². The first-order valence-electron chi connectivity index (χ1n) is 6.50. The van der Waals surface area contributed by atoms with E-state index in [1.54, 1.807) is 0 Å². The molecule has 0 bridgehead atoms. The average Bonchev–Trinajstić information content (AvgIpc) is 2.25. The molecule has 1 amide bonds. The number of nitrogens with two attached hydrogens (primary N) is 1. The molecule has 0 aromatic heterocycles. The standard InChI is InChI=1S/C12H26N2O3S/c1-4-5-6-7-10(2)14-12(15)11(13)8-9-18(3,16)17/h10-11H,4-9,13H2,1-3H3,(H,14,15). The molecule has 0 aliphatic heterocycles.